The standard InChI is InChI=1S/C19H14F3N3O3S2/c20-19(21,22)14-9-7-13(8-10-14)12-23-24-18(26)15-4-1-2-5-16(15)25-30(27,28)17-6-3-11-29-17/h1-12,25H,(H,24,26). The van der Waals surface area contributed by atoms with Gasteiger partial charge in [-0.25, -0.2) is 13.8 Å². The molecule has 0 saturated carbocycles. The van der Waals surface area contributed by atoms with Crippen molar-refractivity contribution in [2.75, 3.05) is 4.72 Å². The zero-order valence-electron chi connectivity index (χ0n) is 15.1. The third kappa shape index (κ3) is 5.24. The summed E-state index contributed by atoms with van der Waals surface area (Å²) in [4.78, 5) is 12.4. The number of anilines is 1. The maximum atomic E-state index is 12.6. The van der Waals surface area contributed by atoms with Gasteiger partial charge in [-0.3, -0.25) is 9.52 Å². The summed E-state index contributed by atoms with van der Waals surface area (Å²) in [5, 5.41) is 5.33. The van der Waals surface area contributed by atoms with Crippen molar-refractivity contribution in [2.24, 2.45) is 5.10 Å². The van der Waals surface area contributed by atoms with Gasteiger partial charge in [0.2, 0.25) is 0 Å². The van der Waals surface area contributed by atoms with Gasteiger partial charge in [0.1, 0.15) is 4.21 Å². The number of hydrazone groups is 1. The number of carbonyl (C=O) groups excluding carboxylic acids is 1. The number of nitrogens with zero attached hydrogens (tertiary/aromatic N) is 1. The van der Waals surface area contributed by atoms with Crippen molar-refractivity contribution >= 4 is 39.2 Å². The molecule has 1 heterocycles. The van der Waals surface area contributed by atoms with Crippen molar-refractivity contribution in [1.29, 1.82) is 0 Å². The van der Waals surface area contributed by atoms with Gasteiger partial charge < -0.3 is 0 Å². The Labute approximate surface area is 174 Å². The molecule has 0 aliphatic carbocycles. The molecule has 2 N–H and O–H groups in total. The van der Waals surface area contributed by atoms with Crippen LogP contribution in [0.2, 0.25) is 0 Å². The lowest BCUT2D eigenvalue weighted by Crippen LogP contribution is -2.21. The van der Waals surface area contributed by atoms with Gasteiger partial charge in [-0.2, -0.15) is 18.3 Å². The van der Waals surface area contributed by atoms with Gasteiger partial charge in [0, 0.05) is 0 Å². The number of alkyl halides is 3. The molecule has 3 aromatic rings. The highest BCUT2D eigenvalue weighted by Crippen LogP contribution is 2.29. The molecule has 1 amide bonds. The molecule has 0 radical (unpaired) electrons. The first-order chi connectivity index (χ1) is 14.2. The van der Waals surface area contributed by atoms with Gasteiger partial charge in [0.05, 0.1) is 23.0 Å². The number of carbonyl (C=O) groups is 1. The average Bonchev–Trinajstić information content (AvgIpc) is 3.24. The number of halogens is 3. The van der Waals surface area contributed by atoms with Crippen molar-refractivity contribution in [2.45, 2.75) is 10.4 Å². The van der Waals surface area contributed by atoms with Crippen LogP contribution in [-0.4, -0.2) is 20.5 Å². The quantitative estimate of drug-likeness (QED) is 0.430. The largest absolute Gasteiger partial charge is 0.416 e. The van der Waals surface area contributed by atoms with Crippen LogP contribution in [0.15, 0.2) is 75.4 Å². The normalized spacial score (nSPS) is 12.1. The summed E-state index contributed by atoms with van der Waals surface area (Å²) < 4.78 is 65.0. The van der Waals surface area contributed by atoms with Crippen LogP contribution in [-0.2, 0) is 16.2 Å². The molecule has 6 nitrogen and oxygen atoms in total. The molecular formula is C19H14F3N3O3S2. The van der Waals surface area contributed by atoms with Crippen LogP contribution < -0.4 is 10.1 Å². The van der Waals surface area contributed by atoms with Gasteiger partial charge in [-0.05, 0) is 41.3 Å². The molecular weight excluding hydrogens is 439 g/mol. The van der Waals surface area contributed by atoms with Gasteiger partial charge in [0.15, 0.2) is 0 Å². The summed E-state index contributed by atoms with van der Waals surface area (Å²) in [5.41, 5.74) is 1.87. The number of hydrogen-bond acceptors (Lipinski definition) is 5. The van der Waals surface area contributed by atoms with E-state index in [1.54, 1.807) is 23.6 Å². The Morgan fingerprint density at radius 1 is 1.00 bits per heavy atom. The van der Waals surface area contributed by atoms with Crippen LogP contribution in [0, 0.1) is 0 Å². The summed E-state index contributed by atoms with van der Waals surface area (Å²) in [6, 6.07) is 13.2. The fourth-order valence-electron chi connectivity index (χ4n) is 2.37. The van der Waals surface area contributed by atoms with Crippen LogP contribution in [0.5, 0.6) is 0 Å². The van der Waals surface area contributed by atoms with E-state index in [-0.39, 0.29) is 15.5 Å². The second-order valence-corrected chi connectivity index (χ2v) is 8.76. The zero-order valence-corrected chi connectivity index (χ0v) is 16.7. The lowest BCUT2D eigenvalue weighted by molar-refractivity contribution is -0.137. The Kier molecular flexibility index (Phi) is 6.22. The molecule has 0 aliphatic heterocycles. The summed E-state index contributed by atoms with van der Waals surface area (Å²) in [6.45, 7) is 0. The highest BCUT2D eigenvalue weighted by molar-refractivity contribution is 7.94. The summed E-state index contributed by atoms with van der Waals surface area (Å²) in [6.07, 6.45) is -3.26. The van der Waals surface area contributed by atoms with E-state index in [4.69, 9.17) is 0 Å². The van der Waals surface area contributed by atoms with Gasteiger partial charge in [0.25, 0.3) is 15.9 Å². The van der Waals surface area contributed by atoms with Crippen LogP contribution in [0.25, 0.3) is 0 Å². The van der Waals surface area contributed by atoms with E-state index in [0.717, 1.165) is 23.5 Å². The second kappa shape index (κ2) is 8.67. The number of rotatable bonds is 6. The molecule has 3 rings (SSSR count). The summed E-state index contributed by atoms with van der Waals surface area (Å²) in [7, 11) is -3.85. The van der Waals surface area contributed by atoms with E-state index in [1.807, 2.05) is 0 Å². The minimum Gasteiger partial charge on any atom is -0.278 e. The highest BCUT2D eigenvalue weighted by atomic mass is 32.2. The minimum absolute atomic E-state index is 0.0298. The van der Waals surface area contributed by atoms with Crippen molar-refractivity contribution in [3.05, 3.63) is 82.7 Å². The number of hydrogen-bond donors (Lipinski definition) is 2. The molecule has 0 fully saturated rings. The fourth-order valence-corrected chi connectivity index (χ4v) is 4.44. The van der Waals surface area contributed by atoms with E-state index in [0.29, 0.717) is 5.56 Å². The van der Waals surface area contributed by atoms with Crippen molar-refractivity contribution < 1.29 is 26.4 Å². The zero-order chi connectivity index (χ0) is 21.8. The first-order valence-corrected chi connectivity index (χ1v) is 10.7. The fraction of sp³-hybridized carbons (Fsp3) is 0.0526. The number of sulfonamides is 1. The number of amides is 1. The Balaban J connectivity index is 1.71. The molecule has 11 heteroatoms. The molecule has 1 aromatic heterocycles. The predicted octanol–water partition coefficient (Wildman–Crippen LogP) is 4.33. The van der Waals surface area contributed by atoms with Crippen LogP contribution in [0.3, 0.4) is 0 Å². The molecule has 0 aliphatic rings. The molecule has 0 bridgehead atoms. The molecule has 0 spiro atoms. The smallest absolute Gasteiger partial charge is 0.278 e. The minimum atomic E-state index is -4.44. The number of nitrogens with one attached hydrogen (secondary N) is 2. The molecule has 30 heavy (non-hydrogen) atoms. The van der Waals surface area contributed by atoms with Crippen molar-refractivity contribution in [3.63, 3.8) is 0 Å². The average molecular weight is 453 g/mol. The van der Waals surface area contributed by atoms with Crippen LogP contribution >= 0.6 is 11.3 Å². The van der Waals surface area contributed by atoms with E-state index in [9.17, 15) is 26.4 Å². The third-order valence-electron chi connectivity index (χ3n) is 3.79. The summed E-state index contributed by atoms with van der Waals surface area (Å²) in [5.74, 6) is -0.692. The van der Waals surface area contributed by atoms with Crippen molar-refractivity contribution in [3.8, 4) is 0 Å². The maximum absolute atomic E-state index is 12.6. The van der Waals surface area contributed by atoms with E-state index in [2.05, 4.69) is 15.2 Å². The Morgan fingerprint density at radius 3 is 2.33 bits per heavy atom. The van der Waals surface area contributed by atoms with Gasteiger partial charge in [-0.1, -0.05) is 30.3 Å². The van der Waals surface area contributed by atoms with Crippen LogP contribution in [0.1, 0.15) is 21.5 Å². The maximum Gasteiger partial charge on any atom is 0.416 e. The second-order valence-electron chi connectivity index (χ2n) is 5.90. The molecule has 0 unspecified atom stereocenters. The number of benzene rings is 2. The Morgan fingerprint density at radius 2 is 1.70 bits per heavy atom. The molecule has 0 atom stereocenters. The van der Waals surface area contributed by atoms with E-state index >= 15 is 0 Å². The lowest BCUT2D eigenvalue weighted by Gasteiger charge is -2.10. The van der Waals surface area contributed by atoms with Gasteiger partial charge in [-0.15, -0.1) is 11.3 Å². The third-order valence-corrected chi connectivity index (χ3v) is 6.56. The highest BCUT2D eigenvalue weighted by Gasteiger charge is 2.29. The SMILES string of the molecule is O=C(NN=Cc1ccc(C(F)(F)F)cc1)c1ccccc1NS(=O)(=O)c1cccs1. The number of thiophene rings is 1. The first kappa shape index (κ1) is 21.5. The van der Waals surface area contributed by atoms with Gasteiger partial charge >= 0.3 is 6.18 Å². The van der Waals surface area contributed by atoms with Crippen LogP contribution in [0.4, 0.5) is 18.9 Å². The van der Waals surface area contributed by atoms with E-state index in [1.165, 1.54) is 36.5 Å². The molecule has 0 saturated heterocycles. The lowest BCUT2D eigenvalue weighted by atomic mass is 10.1. The number of para-hydroxylation sites is 1. The monoisotopic (exact) mass is 453 g/mol. The molecule has 156 valence electrons. The summed E-state index contributed by atoms with van der Waals surface area (Å²) >= 11 is 1.03. The Hall–Kier alpha value is -3.18. The predicted molar refractivity (Wildman–Crippen MR) is 108 cm³/mol. The molecule has 2 aromatic carbocycles. The first-order valence-electron chi connectivity index (χ1n) is 8.33. The Bertz CT molecular complexity index is 1160. The topological polar surface area (TPSA) is 87.6 Å². The van der Waals surface area contributed by atoms with E-state index < -0.39 is 27.7 Å². The van der Waals surface area contributed by atoms with Crippen molar-refractivity contribution in [1.82, 2.24) is 5.43 Å².